The van der Waals surface area contributed by atoms with Crippen molar-refractivity contribution in [1.29, 1.82) is 0 Å². The van der Waals surface area contributed by atoms with Crippen molar-refractivity contribution < 1.29 is 5.11 Å². The van der Waals surface area contributed by atoms with Gasteiger partial charge in [0.05, 0.1) is 0 Å². The molecule has 0 radical (unpaired) electrons. The summed E-state index contributed by atoms with van der Waals surface area (Å²) in [7, 11) is 0. The normalized spacial score (nSPS) is 23.7. The molecule has 0 amide bonds. The molecule has 1 N–H and O–H groups in total. The highest BCUT2D eigenvalue weighted by molar-refractivity contribution is 5.37. The van der Waals surface area contributed by atoms with Gasteiger partial charge in [-0.25, -0.2) is 0 Å². The van der Waals surface area contributed by atoms with Crippen LogP contribution < -0.4 is 0 Å². The van der Waals surface area contributed by atoms with E-state index in [2.05, 4.69) is 48.8 Å². The summed E-state index contributed by atoms with van der Waals surface area (Å²) >= 11 is 0. The van der Waals surface area contributed by atoms with E-state index in [4.69, 9.17) is 5.11 Å². The van der Waals surface area contributed by atoms with Crippen LogP contribution in [0.5, 0.6) is 0 Å². The summed E-state index contributed by atoms with van der Waals surface area (Å²) in [5.74, 6) is 6.48. The molecule has 2 nitrogen and oxygen atoms in total. The third-order valence-electron chi connectivity index (χ3n) is 3.87. The van der Waals surface area contributed by atoms with Crippen molar-refractivity contribution in [2.24, 2.45) is 5.92 Å². The van der Waals surface area contributed by atoms with E-state index in [-0.39, 0.29) is 6.61 Å². The molecule has 2 rings (SSSR count). The monoisotopic (exact) mass is 257 g/mol. The van der Waals surface area contributed by atoms with Crippen LogP contribution in [0.3, 0.4) is 0 Å². The zero-order valence-corrected chi connectivity index (χ0v) is 11.9. The van der Waals surface area contributed by atoms with E-state index in [1.165, 1.54) is 24.9 Å². The van der Waals surface area contributed by atoms with Crippen molar-refractivity contribution in [2.75, 3.05) is 13.2 Å². The largest absolute Gasteiger partial charge is 0.384 e. The summed E-state index contributed by atoms with van der Waals surface area (Å²) in [6, 6.07) is 9.01. The number of nitrogens with zero attached hydrogens (tertiary/aromatic N) is 1. The number of rotatable bonds is 2. The van der Waals surface area contributed by atoms with Gasteiger partial charge >= 0.3 is 0 Å². The lowest BCUT2D eigenvalue weighted by Crippen LogP contribution is -2.40. The minimum absolute atomic E-state index is 0.0785. The molecule has 0 bridgehead atoms. The Morgan fingerprint density at radius 2 is 2.16 bits per heavy atom. The van der Waals surface area contributed by atoms with Crippen molar-refractivity contribution in [2.45, 2.75) is 39.3 Å². The molecular formula is C17H23NO. The van der Waals surface area contributed by atoms with E-state index in [1.54, 1.807) is 0 Å². The third-order valence-corrected chi connectivity index (χ3v) is 3.87. The molecule has 0 aromatic heterocycles. The molecule has 2 atom stereocenters. The van der Waals surface area contributed by atoms with Crippen LogP contribution in [0.4, 0.5) is 0 Å². The summed E-state index contributed by atoms with van der Waals surface area (Å²) in [5, 5.41) is 8.74. The number of aliphatic hydroxyl groups is 1. The van der Waals surface area contributed by atoms with E-state index in [9.17, 15) is 0 Å². The second kappa shape index (κ2) is 6.75. The third kappa shape index (κ3) is 4.09. The first-order chi connectivity index (χ1) is 9.19. The Balaban J connectivity index is 2.05. The van der Waals surface area contributed by atoms with Crippen molar-refractivity contribution in [1.82, 2.24) is 4.90 Å². The van der Waals surface area contributed by atoms with Gasteiger partial charge in [-0.05, 0) is 43.4 Å². The molecule has 1 aliphatic rings. The highest BCUT2D eigenvalue weighted by Gasteiger charge is 2.22. The summed E-state index contributed by atoms with van der Waals surface area (Å²) in [6.45, 7) is 6.77. The summed E-state index contributed by atoms with van der Waals surface area (Å²) in [6.07, 6.45) is 2.64. The molecule has 1 fully saturated rings. The first kappa shape index (κ1) is 14.1. The molecule has 0 spiro atoms. The van der Waals surface area contributed by atoms with Gasteiger partial charge in [-0.2, -0.15) is 0 Å². The molecule has 2 heteroatoms. The van der Waals surface area contributed by atoms with Crippen LogP contribution in [0.15, 0.2) is 24.3 Å². The number of piperidine rings is 1. The lowest BCUT2D eigenvalue weighted by Gasteiger charge is -2.36. The van der Waals surface area contributed by atoms with Gasteiger partial charge in [0.2, 0.25) is 0 Å². The first-order valence-electron chi connectivity index (χ1n) is 7.11. The zero-order chi connectivity index (χ0) is 13.7. The van der Waals surface area contributed by atoms with Crippen LogP contribution in [0.1, 0.15) is 37.8 Å². The second-order valence-electron chi connectivity index (χ2n) is 5.62. The molecule has 0 saturated carbocycles. The fourth-order valence-electron chi connectivity index (χ4n) is 2.72. The topological polar surface area (TPSA) is 23.5 Å². The van der Waals surface area contributed by atoms with Crippen LogP contribution in [0.25, 0.3) is 0 Å². The number of benzene rings is 1. The van der Waals surface area contributed by atoms with Gasteiger partial charge in [0, 0.05) is 24.7 Å². The minimum atomic E-state index is -0.0785. The van der Waals surface area contributed by atoms with Gasteiger partial charge in [0.15, 0.2) is 0 Å². The van der Waals surface area contributed by atoms with Crippen LogP contribution >= 0.6 is 0 Å². The van der Waals surface area contributed by atoms with Gasteiger partial charge in [0.1, 0.15) is 6.61 Å². The summed E-state index contributed by atoms with van der Waals surface area (Å²) in [5.41, 5.74) is 2.30. The van der Waals surface area contributed by atoms with Crippen LogP contribution in [0.2, 0.25) is 0 Å². The molecule has 2 unspecified atom stereocenters. The molecule has 1 saturated heterocycles. The van der Waals surface area contributed by atoms with E-state index in [0.29, 0.717) is 6.04 Å². The average Bonchev–Trinajstić information content (AvgIpc) is 2.41. The van der Waals surface area contributed by atoms with E-state index in [1.807, 2.05) is 6.07 Å². The Hall–Kier alpha value is -1.30. The fourth-order valence-corrected chi connectivity index (χ4v) is 2.72. The van der Waals surface area contributed by atoms with E-state index >= 15 is 0 Å². The molecule has 0 aliphatic carbocycles. The van der Waals surface area contributed by atoms with Crippen molar-refractivity contribution >= 4 is 0 Å². The molecular weight excluding hydrogens is 234 g/mol. The molecule has 1 aromatic carbocycles. The standard InChI is InChI=1S/C17H23NO/c1-14-8-9-15(2)18(12-14)13-17-6-3-5-16(11-17)7-4-10-19/h3,5-6,11,14-15,19H,8-10,12-13H2,1-2H3. The van der Waals surface area contributed by atoms with Gasteiger partial charge in [0.25, 0.3) is 0 Å². The van der Waals surface area contributed by atoms with E-state index < -0.39 is 0 Å². The van der Waals surface area contributed by atoms with Crippen LogP contribution in [0, 0.1) is 17.8 Å². The van der Waals surface area contributed by atoms with Crippen LogP contribution in [-0.2, 0) is 6.54 Å². The molecule has 1 aromatic rings. The maximum Gasteiger partial charge on any atom is 0.104 e. The molecule has 102 valence electrons. The van der Waals surface area contributed by atoms with Gasteiger partial charge in [-0.1, -0.05) is 30.9 Å². The number of hydrogen-bond acceptors (Lipinski definition) is 2. The Labute approximate surface area is 116 Å². The predicted molar refractivity (Wildman–Crippen MR) is 78.7 cm³/mol. The first-order valence-corrected chi connectivity index (χ1v) is 7.11. The quantitative estimate of drug-likeness (QED) is 0.823. The predicted octanol–water partition coefficient (Wildman–Crippen LogP) is 2.65. The highest BCUT2D eigenvalue weighted by Crippen LogP contribution is 2.23. The van der Waals surface area contributed by atoms with Crippen molar-refractivity contribution in [3.63, 3.8) is 0 Å². The highest BCUT2D eigenvalue weighted by atomic mass is 16.2. The zero-order valence-electron chi connectivity index (χ0n) is 11.9. The van der Waals surface area contributed by atoms with Gasteiger partial charge in [-0.15, -0.1) is 0 Å². The Kier molecular flexibility index (Phi) is 5.01. The van der Waals surface area contributed by atoms with Crippen molar-refractivity contribution in [3.8, 4) is 11.8 Å². The lowest BCUT2D eigenvalue weighted by molar-refractivity contribution is 0.117. The van der Waals surface area contributed by atoms with Crippen molar-refractivity contribution in [3.05, 3.63) is 35.4 Å². The van der Waals surface area contributed by atoms with Gasteiger partial charge in [-0.3, -0.25) is 4.90 Å². The Morgan fingerprint density at radius 3 is 2.95 bits per heavy atom. The minimum Gasteiger partial charge on any atom is -0.384 e. The maximum atomic E-state index is 8.74. The maximum absolute atomic E-state index is 8.74. The number of hydrogen-bond donors (Lipinski definition) is 1. The SMILES string of the molecule is CC1CCC(C)N(Cc2cccc(C#CCO)c2)C1. The van der Waals surface area contributed by atoms with Gasteiger partial charge < -0.3 is 5.11 Å². The summed E-state index contributed by atoms with van der Waals surface area (Å²) in [4.78, 5) is 2.56. The summed E-state index contributed by atoms with van der Waals surface area (Å²) < 4.78 is 0. The van der Waals surface area contributed by atoms with Crippen LogP contribution in [-0.4, -0.2) is 29.2 Å². The lowest BCUT2D eigenvalue weighted by atomic mass is 9.94. The smallest absolute Gasteiger partial charge is 0.104 e. The number of likely N-dealkylation sites (tertiary alicyclic amines) is 1. The second-order valence-corrected chi connectivity index (χ2v) is 5.62. The fraction of sp³-hybridized carbons (Fsp3) is 0.529. The number of aliphatic hydroxyl groups excluding tert-OH is 1. The Bertz CT molecular complexity index is 472. The van der Waals surface area contributed by atoms with E-state index in [0.717, 1.165) is 18.0 Å². The molecule has 1 heterocycles. The average molecular weight is 257 g/mol. The molecule has 1 aliphatic heterocycles. The Morgan fingerprint density at radius 1 is 1.32 bits per heavy atom. The molecule has 19 heavy (non-hydrogen) atoms.